The van der Waals surface area contributed by atoms with Gasteiger partial charge in [0.1, 0.15) is 5.82 Å². The van der Waals surface area contributed by atoms with Crippen LogP contribution >= 0.6 is 0 Å². The molecule has 4 nitrogen and oxygen atoms in total. The van der Waals surface area contributed by atoms with Crippen molar-refractivity contribution in [1.29, 1.82) is 0 Å². The second-order valence-electron chi connectivity index (χ2n) is 4.18. The van der Waals surface area contributed by atoms with Crippen LogP contribution in [0.25, 0.3) is 0 Å². The summed E-state index contributed by atoms with van der Waals surface area (Å²) in [4.78, 5) is 16.0. The third kappa shape index (κ3) is 3.50. The number of nitrogens with zero attached hydrogens (tertiary/aromatic N) is 1. The van der Waals surface area contributed by atoms with Crippen molar-refractivity contribution < 1.29 is 18.0 Å². The molecule has 0 saturated heterocycles. The van der Waals surface area contributed by atoms with Crippen LogP contribution in [0.15, 0.2) is 42.6 Å². The third-order valence-electron chi connectivity index (χ3n) is 2.74. The van der Waals surface area contributed by atoms with Crippen molar-refractivity contribution in [1.82, 2.24) is 4.98 Å². The molecule has 1 amide bonds. The highest BCUT2D eigenvalue weighted by atomic mass is 19.4. The Kier molecular flexibility index (Phi) is 4.11. The van der Waals surface area contributed by atoms with E-state index in [-0.39, 0.29) is 11.3 Å². The third-order valence-corrected chi connectivity index (χ3v) is 2.74. The molecule has 2 N–H and O–H groups in total. The molecule has 0 aliphatic rings. The molecule has 2 aromatic rings. The lowest BCUT2D eigenvalue weighted by Crippen LogP contribution is -2.15. The number of alkyl halides is 3. The molecule has 110 valence electrons. The van der Waals surface area contributed by atoms with Gasteiger partial charge in [0.05, 0.1) is 11.1 Å². The van der Waals surface area contributed by atoms with E-state index in [2.05, 4.69) is 15.6 Å². The van der Waals surface area contributed by atoms with E-state index in [1.165, 1.54) is 24.4 Å². The molecule has 0 unspecified atom stereocenters. The number of hydrogen-bond acceptors (Lipinski definition) is 3. The van der Waals surface area contributed by atoms with Gasteiger partial charge >= 0.3 is 6.18 Å². The summed E-state index contributed by atoms with van der Waals surface area (Å²) in [6.07, 6.45) is -2.95. The van der Waals surface area contributed by atoms with E-state index in [1.54, 1.807) is 13.1 Å². The summed E-state index contributed by atoms with van der Waals surface area (Å²) >= 11 is 0. The van der Waals surface area contributed by atoms with Gasteiger partial charge < -0.3 is 10.6 Å². The van der Waals surface area contributed by atoms with Gasteiger partial charge in [0, 0.05) is 18.9 Å². The maximum absolute atomic E-state index is 12.6. The van der Waals surface area contributed by atoms with E-state index in [0.29, 0.717) is 5.82 Å². The van der Waals surface area contributed by atoms with Crippen molar-refractivity contribution in [3.63, 3.8) is 0 Å². The summed E-state index contributed by atoms with van der Waals surface area (Å²) in [6, 6.07) is 7.55. The number of pyridine rings is 1. The lowest BCUT2D eigenvalue weighted by molar-refractivity contribution is -0.137. The molecule has 1 aromatic carbocycles. The standard InChI is InChI=1S/C14H12F3N3O/c1-18-12-11(6-3-7-19-12)13(21)20-10-5-2-4-9(8-10)14(15,16)17/h2-8H,1H3,(H,18,19)(H,20,21). The van der Waals surface area contributed by atoms with Gasteiger partial charge in [-0.2, -0.15) is 13.2 Å². The molecule has 0 aliphatic carbocycles. The van der Waals surface area contributed by atoms with Crippen molar-refractivity contribution in [3.05, 3.63) is 53.7 Å². The minimum Gasteiger partial charge on any atom is -0.372 e. The van der Waals surface area contributed by atoms with E-state index in [0.717, 1.165) is 12.1 Å². The zero-order valence-electron chi connectivity index (χ0n) is 11.0. The average molecular weight is 295 g/mol. The molecule has 1 aromatic heterocycles. The summed E-state index contributed by atoms with van der Waals surface area (Å²) in [6.45, 7) is 0. The second-order valence-corrected chi connectivity index (χ2v) is 4.18. The van der Waals surface area contributed by atoms with Gasteiger partial charge in [0.2, 0.25) is 0 Å². The normalized spacial score (nSPS) is 11.0. The van der Waals surface area contributed by atoms with Crippen LogP contribution in [0.4, 0.5) is 24.7 Å². The van der Waals surface area contributed by atoms with Crippen molar-refractivity contribution in [2.45, 2.75) is 6.18 Å². The van der Waals surface area contributed by atoms with Gasteiger partial charge in [-0.25, -0.2) is 4.98 Å². The number of amides is 1. The van der Waals surface area contributed by atoms with E-state index in [1.807, 2.05) is 0 Å². The highest BCUT2D eigenvalue weighted by Crippen LogP contribution is 2.30. The molecule has 0 aliphatic heterocycles. The lowest BCUT2D eigenvalue weighted by atomic mass is 10.2. The van der Waals surface area contributed by atoms with Crippen molar-refractivity contribution >= 4 is 17.4 Å². The minimum atomic E-state index is -4.45. The Morgan fingerprint density at radius 1 is 1.19 bits per heavy atom. The molecular weight excluding hydrogens is 283 g/mol. The number of anilines is 2. The minimum absolute atomic E-state index is 0.0701. The summed E-state index contributed by atoms with van der Waals surface area (Å²) in [5.41, 5.74) is -0.501. The number of aromatic nitrogens is 1. The Morgan fingerprint density at radius 2 is 1.95 bits per heavy atom. The summed E-state index contributed by atoms with van der Waals surface area (Å²) in [7, 11) is 1.60. The largest absolute Gasteiger partial charge is 0.416 e. The Morgan fingerprint density at radius 3 is 2.62 bits per heavy atom. The first kappa shape index (κ1) is 14.8. The summed E-state index contributed by atoms with van der Waals surface area (Å²) < 4.78 is 37.8. The number of rotatable bonds is 3. The zero-order chi connectivity index (χ0) is 15.5. The molecule has 1 heterocycles. The van der Waals surface area contributed by atoms with Gasteiger partial charge in [-0.05, 0) is 30.3 Å². The first-order valence-corrected chi connectivity index (χ1v) is 6.03. The first-order chi connectivity index (χ1) is 9.91. The number of carbonyl (C=O) groups is 1. The predicted octanol–water partition coefficient (Wildman–Crippen LogP) is 3.39. The van der Waals surface area contributed by atoms with E-state index < -0.39 is 17.6 Å². The molecular formula is C14H12F3N3O. The SMILES string of the molecule is CNc1ncccc1C(=O)Nc1cccc(C(F)(F)F)c1. The maximum atomic E-state index is 12.6. The molecule has 0 spiro atoms. The van der Waals surface area contributed by atoms with E-state index >= 15 is 0 Å². The maximum Gasteiger partial charge on any atom is 0.416 e. The van der Waals surface area contributed by atoms with Gasteiger partial charge in [-0.1, -0.05) is 6.07 Å². The molecule has 0 saturated carbocycles. The molecule has 0 atom stereocenters. The Balaban J connectivity index is 2.24. The molecule has 7 heteroatoms. The fraction of sp³-hybridized carbons (Fsp3) is 0.143. The summed E-state index contributed by atoms with van der Waals surface area (Å²) in [5.74, 6) is -0.186. The van der Waals surface area contributed by atoms with Crippen LogP contribution in [0.2, 0.25) is 0 Å². The number of nitrogens with one attached hydrogen (secondary N) is 2. The fourth-order valence-electron chi connectivity index (χ4n) is 1.76. The van der Waals surface area contributed by atoms with Crippen molar-refractivity contribution in [3.8, 4) is 0 Å². The Labute approximate surface area is 119 Å². The highest BCUT2D eigenvalue weighted by Gasteiger charge is 2.30. The van der Waals surface area contributed by atoms with Crippen LogP contribution in [-0.2, 0) is 6.18 Å². The topological polar surface area (TPSA) is 54.0 Å². The van der Waals surface area contributed by atoms with Crippen LogP contribution in [0.1, 0.15) is 15.9 Å². The van der Waals surface area contributed by atoms with Gasteiger partial charge in [-0.15, -0.1) is 0 Å². The smallest absolute Gasteiger partial charge is 0.372 e. The highest BCUT2D eigenvalue weighted by molar-refractivity contribution is 6.07. The molecule has 0 radical (unpaired) electrons. The van der Waals surface area contributed by atoms with E-state index in [4.69, 9.17) is 0 Å². The Hall–Kier alpha value is -2.57. The summed E-state index contributed by atoms with van der Waals surface area (Å²) in [5, 5.41) is 5.17. The van der Waals surface area contributed by atoms with Crippen molar-refractivity contribution in [2.24, 2.45) is 0 Å². The first-order valence-electron chi connectivity index (χ1n) is 6.03. The Bertz CT molecular complexity index is 656. The van der Waals surface area contributed by atoms with E-state index in [9.17, 15) is 18.0 Å². The number of halogens is 3. The fourth-order valence-corrected chi connectivity index (χ4v) is 1.76. The van der Waals surface area contributed by atoms with Crippen LogP contribution in [0.3, 0.4) is 0 Å². The number of benzene rings is 1. The number of hydrogen-bond donors (Lipinski definition) is 2. The van der Waals surface area contributed by atoms with Crippen LogP contribution in [0.5, 0.6) is 0 Å². The molecule has 2 rings (SSSR count). The van der Waals surface area contributed by atoms with Crippen LogP contribution in [0, 0.1) is 0 Å². The van der Waals surface area contributed by atoms with Crippen molar-refractivity contribution in [2.75, 3.05) is 17.7 Å². The van der Waals surface area contributed by atoms with Gasteiger partial charge in [-0.3, -0.25) is 4.79 Å². The zero-order valence-corrected chi connectivity index (χ0v) is 11.0. The monoisotopic (exact) mass is 295 g/mol. The van der Waals surface area contributed by atoms with Crippen LogP contribution in [-0.4, -0.2) is 17.9 Å². The quantitative estimate of drug-likeness (QED) is 0.912. The number of carbonyl (C=O) groups excluding carboxylic acids is 1. The van der Waals surface area contributed by atoms with Crippen LogP contribution < -0.4 is 10.6 Å². The van der Waals surface area contributed by atoms with Gasteiger partial charge in [0.15, 0.2) is 0 Å². The molecule has 0 bridgehead atoms. The lowest BCUT2D eigenvalue weighted by Gasteiger charge is -2.11. The molecule has 21 heavy (non-hydrogen) atoms. The average Bonchev–Trinajstić information content (AvgIpc) is 2.46. The second kappa shape index (κ2) is 5.82. The molecule has 0 fully saturated rings. The predicted molar refractivity (Wildman–Crippen MR) is 73.2 cm³/mol. The van der Waals surface area contributed by atoms with Gasteiger partial charge in [0.25, 0.3) is 5.91 Å².